The first-order chi connectivity index (χ1) is 24.7. The molecule has 4 aromatic carbocycles. The summed E-state index contributed by atoms with van der Waals surface area (Å²) in [5, 5.41) is 3.93. The summed E-state index contributed by atoms with van der Waals surface area (Å²) in [6, 6.07) is 36.0. The maximum Gasteiger partial charge on any atom is 0.261 e. The van der Waals surface area contributed by atoms with Crippen LogP contribution in [0, 0.1) is 0 Å². The van der Waals surface area contributed by atoms with Crippen molar-refractivity contribution in [2.45, 2.75) is 82.4 Å². The summed E-state index contributed by atoms with van der Waals surface area (Å²) in [4.78, 5) is 9.65. The average molecular weight is 734 g/mol. The van der Waals surface area contributed by atoms with E-state index in [9.17, 15) is 0 Å². The second-order valence-electron chi connectivity index (χ2n) is 15.0. The number of aliphatic imine (C=N–C) groups is 1. The normalized spacial score (nSPS) is 15.6. The lowest BCUT2D eigenvalue weighted by Crippen LogP contribution is -2.66. The highest BCUT2D eigenvalue weighted by atomic mass is 35.5. The Morgan fingerprint density at radius 1 is 0.824 bits per heavy atom. The molecule has 0 unspecified atom stereocenters. The lowest BCUT2D eigenvalue weighted by molar-refractivity contribution is 0.288. The van der Waals surface area contributed by atoms with Gasteiger partial charge in [0.1, 0.15) is 5.75 Å². The van der Waals surface area contributed by atoms with Crippen molar-refractivity contribution in [3.63, 3.8) is 0 Å². The summed E-state index contributed by atoms with van der Waals surface area (Å²) in [6.07, 6.45) is 12.9. The number of rotatable bonds is 14. The summed E-state index contributed by atoms with van der Waals surface area (Å²) in [6.45, 7) is 7.63. The van der Waals surface area contributed by atoms with Crippen LogP contribution < -0.4 is 15.1 Å². The monoisotopic (exact) mass is 732 g/mol. The van der Waals surface area contributed by atoms with Crippen LogP contribution in [0.25, 0.3) is 11.1 Å². The van der Waals surface area contributed by atoms with Crippen LogP contribution in [0.1, 0.15) is 76.0 Å². The number of pyridine rings is 1. The maximum absolute atomic E-state index is 7.10. The van der Waals surface area contributed by atoms with Gasteiger partial charge in [-0.1, -0.05) is 123 Å². The van der Waals surface area contributed by atoms with E-state index < -0.39 is 8.32 Å². The fourth-order valence-corrected chi connectivity index (χ4v) is 12.3. The van der Waals surface area contributed by atoms with Crippen molar-refractivity contribution >= 4 is 48.1 Å². The number of ether oxygens (including phenoxy) is 1. The number of nitrogens with zero attached hydrogens (tertiary/aromatic N) is 2. The van der Waals surface area contributed by atoms with E-state index in [0.29, 0.717) is 22.8 Å². The number of halogens is 2. The third kappa shape index (κ3) is 7.73. The molecule has 2 saturated carbocycles. The Hall–Kier alpha value is -3.74. The number of unbranched alkanes of at least 4 members (excludes halogenated alkanes) is 1. The van der Waals surface area contributed by atoms with Gasteiger partial charge in [0.2, 0.25) is 0 Å². The highest BCUT2D eigenvalue weighted by Crippen LogP contribution is 2.53. The van der Waals surface area contributed by atoms with E-state index in [4.69, 9.17) is 37.4 Å². The Bertz CT molecular complexity index is 1950. The summed E-state index contributed by atoms with van der Waals surface area (Å²) < 4.78 is 13.4. The lowest BCUT2D eigenvalue weighted by atomic mass is 9.95. The molecule has 0 atom stereocenters. The van der Waals surface area contributed by atoms with E-state index in [1.54, 1.807) is 0 Å². The smallest absolute Gasteiger partial charge is 0.261 e. The Kier molecular flexibility index (Phi) is 10.5. The van der Waals surface area contributed by atoms with Gasteiger partial charge in [0.25, 0.3) is 8.32 Å². The molecule has 7 rings (SSSR count). The van der Waals surface area contributed by atoms with Crippen LogP contribution in [0.3, 0.4) is 0 Å². The molecule has 2 aliphatic rings. The van der Waals surface area contributed by atoms with Gasteiger partial charge in [-0.2, -0.15) is 0 Å². The largest absolute Gasteiger partial charge is 0.490 e. The average Bonchev–Trinajstić information content (AvgIpc) is 4.09. The predicted molar refractivity (Wildman–Crippen MR) is 215 cm³/mol. The minimum Gasteiger partial charge on any atom is -0.490 e. The molecule has 5 aromatic rings. The first kappa shape index (κ1) is 35.7. The third-order valence-electron chi connectivity index (χ3n) is 10.2. The second kappa shape index (κ2) is 15.1. The van der Waals surface area contributed by atoms with Gasteiger partial charge >= 0.3 is 0 Å². The van der Waals surface area contributed by atoms with Crippen LogP contribution in [-0.2, 0) is 16.4 Å². The van der Waals surface area contributed by atoms with Gasteiger partial charge < -0.3 is 9.16 Å². The number of hydrogen-bond acceptors (Lipinski definition) is 4. The molecule has 0 N–H and O–H groups in total. The Labute approximate surface area is 314 Å². The number of aryl methyl sites for hydroxylation is 1. The zero-order valence-corrected chi connectivity index (χ0v) is 32.3. The Balaban J connectivity index is 1.03. The van der Waals surface area contributed by atoms with Crippen LogP contribution >= 0.6 is 23.2 Å². The number of benzene rings is 4. The summed E-state index contributed by atoms with van der Waals surface area (Å²) in [5.41, 5.74) is 4.87. The van der Waals surface area contributed by atoms with Crippen LogP contribution in [0.15, 0.2) is 121 Å². The summed E-state index contributed by atoms with van der Waals surface area (Å²) in [5.74, 6) is 0.923. The molecule has 2 fully saturated rings. The first-order valence-corrected chi connectivity index (χ1v) is 20.9. The van der Waals surface area contributed by atoms with Crippen LogP contribution in [0.2, 0.25) is 15.1 Å². The molecule has 262 valence electrons. The van der Waals surface area contributed by atoms with Crippen molar-refractivity contribution < 1.29 is 9.16 Å². The van der Waals surface area contributed by atoms with E-state index in [1.807, 2.05) is 36.8 Å². The van der Waals surface area contributed by atoms with Gasteiger partial charge in [0.15, 0.2) is 0 Å². The van der Waals surface area contributed by atoms with Crippen LogP contribution in [0.5, 0.6) is 5.75 Å². The fraction of sp³-hybridized carbons (Fsp3) is 0.318. The molecule has 0 spiro atoms. The SMILES string of the molecule is CC(C)(C)[Si](OCCCCc1cc(Cl)c(C=NC2(c3cnccc3-c3ccccc3OC3CC3)CC2)cc1Cl)(c1ccccc1)c1ccccc1. The molecule has 51 heavy (non-hydrogen) atoms. The molecule has 0 saturated heterocycles. The van der Waals surface area contributed by atoms with E-state index >= 15 is 0 Å². The molecule has 0 aliphatic heterocycles. The standard InChI is InChI=1S/C44H46Cl2N2O2Si/c1-43(2,3)51(35-15-6-4-7-16-35,36-17-8-5-9-18-36)49-27-13-12-14-32-28-41(46)33(29-40(32)45)30-48-44(24-25-44)39-31-47-26-23-37(39)38-19-10-11-20-42(38)50-34-21-22-34/h4-11,15-20,23,26,28-31,34H,12-14,21-22,24-25,27H2,1-3H3. The molecule has 1 aromatic heterocycles. The third-order valence-corrected chi connectivity index (χ3v) is 16.0. The van der Waals surface area contributed by atoms with Crippen LogP contribution in [-0.4, -0.2) is 32.2 Å². The van der Waals surface area contributed by atoms with E-state index in [1.165, 1.54) is 10.4 Å². The zero-order chi connectivity index (χ0) is 35.5. The van der Waals surface area contributed by atoms with Gasteiger partial charge in [-0.3, -0.25) is 9.98 Å². The highest BCUT2D eigenvalue weighted by Gasteiger charge is 2.50. The number of hydrogen-bond donors (Lipinski definition) is 0. The minimum atomic E-state index is -2.55. The van der Waals surface area contributed by atoms with Crippen molar-refractivity contribution in [1.82, 2.24) is 4.98 Å². The molecule has 2 aliphatic carbocycles. The van der Waals surface area contributed by atoms with E-state index in [2.05, 4.69) is 111 Å². The number of aromatic nitrogens is 1. The van der Waals surface area contributed by atoms with Crippen molar-refractivity contribution in [3.05, 3.63) is 142 Å². The lowest BCUT2D eigenvalue weighted by Gasteiger charge is -2.43. The van der Waals surface area contributed by atoms with Gasteiger partial charge in [-0.05, 0) is 95.7 Å². The highest BCUT2D eigenvalue weighted by molar-refractivity contribution is 6.99. The fourth-order valence-electron chi connectivity index (χ4n) is 7.24. The summed E-state index contributed by atoms with van der Waals surface area (Å²) in [7, 11) is -2.55. The molecule has 0 radical (unpaired) electrons. The summed E-state index contributed by atoms with van der Waals surface area (Å²) >= 11 is 13.8. The molecular formula is C44H46Cl2N2O2Si. The van der Waals surface area contributed by atoms with Crippen molar-refractivity contribution in [2.24, 2.45) is 4.99 Å². The van der Waals surface area contributed by atoms with Gasteiger partial charge in [-0.25, -0.2) is 0 Å². The van der Waals surface area contributed by atoms with Crippen LogP contribution in [0.4, 0.5) is 0 Å². The molecule has 0 amide bonds. The molecular weight excluding hydrogens is 687 g/mol. The van der Waals surface area contributed by atoms with Crippen molar-refractivity contribution in [1.29, 1.82) is 0 Å². The van der Waals surface area contributed by atoms with Gasteiger partial charge in [0.05, 0.1) is 11.6 Å². The molecule has 1 heterocycles. The van der Waals surface area contributed by atoms with E-state index in [-0.39, 0.29) is 10.6 Å². The number of para-hydroxylation sites is 1. The van der Waals surface area contributed by atoms with Crippen molar-refractivity contribution in [3.8, 4) is 16.9 Å². The molecule has 4 nitrogen and oxygen atoms in total. The minimum absolute atomic E-state index is 0.0451. The van der Waals surface area contributed by atoms with Gasteiger partial charge in [0, 0.05) is 52.0 Å². The quantitative estimate of drug-likeness (QED) is 0.0648. The predicted octanol–water partition coefficient (Wildman–Crippen LogP) is 10.6. The topological polar surface area (TPSA) is 43.7 Å². The van der Waals surface area contributed by atoms with E-state index in [0.717, 1.165) is 78.5 Å². The zero-order valence-electron chi connectivity index (χ0n) is 29.7. The molecule has 7 heteroatoms. The molecule has 0 bridgehead atoms. The Morgan fingerprint density at radius 3 is 2.14 bits per heavy atom. The Morgan fingerprint density at radius 2 is 1.49 bits per heavy atom. The second-order valence-corrected chi connectivity index (χ2v) is 20.1. The first-order valence-electron chi connectivity index (χ1n) is 18.2. The van der Waals surface area contributed by atoms with Gasteiger partial charge in [-0.15, -0.1) is 0 Å². The van der Waals surface area contributed by atoms with Crippen molar-refractivity contribution in [2.75, 3.05) is 6.61 Å². The maximum atomic E-state index is 7.10.